The number of benzene rings is 2. The molecule has 2 aromatic carbocycles. The average Bonchev–Trinajstić information content (AvgIpc) is 3.10. The minimum Gasteiger partial charge on any atom is -0.325 e. The van der Waals surface area contributed by atoms with E-state index in [2.05, 4.69) is 27.0 Å². The molecule has 5 nitrogen and oxygen atoms in total. The lowest BCUT2D eigenvalue weighted by Crippen LogP contribution is -2.25. The summed E-state index contributed by atoms with van der Waals surface area (Å²) in [6.07, 6.45) is 0.709. The fourth-order valence-corrected chi connectivity index (χ4v) is 3.67. The number of nitrogens with zero attached hydrogens (tertiary/aromatic N) is 3. The second-order valence-corrected chi connectivity index (χ2v) is 6.96. The highest BCUT2D eigenvalue weighted by molar-refractivity contribution is 8.00. The summed E-state index contributed by atoms with van der Waals surface area (Å²) >= 11 is 1.46. The smallest absolute Gasteiger partial charge is 0.237 e. The van der Waals surface area contributed by atoms with Gasteiger partial charge in [-0.3, -0.25) is 4.79 Å². The lowest BCUT2D eigenvalue weighted by Gasteiger charge is -2.15. The first-order chi connectivity index (χ1) is 12.7. The summed E-state index contributed by atoms with van der Waals surface area (Å²) in [6, 6.07) is 19.5. The minimum atomic E-state index is -0.228. The molecule has 1 aromatic heterocycles. The molecule has 0 unspecified atom stereocenters. The van der Waals surface area contributed by atoms with E-state index in [1.165, 1.54) is 11.8 Å². The van der Waals surface area contributed by atoms with Crippen LogP contribution in [0.3, 0.4) is 0 Å². The summed E-state index contributed by atoms with van der Waals surface area (Å²) < 4.78 is 2.05. The second-order valence-electron chi connectivity index (χ2n) is 5.79. The number of amides is 1. The molecule has 134 valence electrons. The molecule has 0 saturated carbocycles. The quantitative estimate of drug-likeness (QED) is 0.627. The Hall–Kier alpha value is -2.60. The molecule has 1 N–H and O–H groups in total. The largest absolute Gasteiger partial charge is 0.325 e. The Morgan fingerprint density at radius 1 is 1.04 bits per heavy atom. The topological polar surface area (TPSA) is 59.8 Å². The molecular formula is C20H22N4OS. The number of carbonyl (C=O) groups is 1. The highest BCUT2D eigenvalue weighted by Crippen LogP contribution is 2.28. The molecule has 6 heteroatoms. The van der Waals surface area contributed by atoms with Crippen LogP contribution in [0.25, 0.3) is 11.4 Å². The zero-order valence-electron chi connectivity index (χ0n) is 14.9. The van der Waals surface area contributed by atoms with Crippen LogP contribution in [0.1, 0.15) is 20.3 Å². The monoisotopic (exact) mass is 366 g/mol. The molecule has 0 saturated heterocycles. The Morgan fingerprint density at radius 3 is 2.31 bits per heavy atom. The molecule has 0 spiro atoms. The number of aromatic nitrogens is 3. The van der Waals surface area contributed by atoms with Crippen molar-refractivity contribution in [2.24, 2.45) is 0 Å². The van der Waals surface area contributed by atoms with Gasteiger partial charge in [-0.25, -0.2) is 0 Å². The maximum atomic E-state index is 12.6. The lowest BCUT2D eigenvalue weighted by molar-refractivity contribution is -0.115. The fraction of sp³-hybridized carbons (Fsp3) is 0.250. The van der Waals surface area contributed by atoms with Crippen LogP contribution in [0.15, 0.2) is 65.8 Å². The standard InChI is InChI=1S/C20H22N4OS/c1-3-17(19(25)21-16-13-9-6-10-14-16)26-20-23-22-18(24(20)4-2)15-11-7-5-8-12-15/h5-14,17H,3-4H2,1-2H3,(H,21,25)/t17-/m1/s1. The van der Waals surface area contributed by atoms with E-state index >= 15 is 0 Å². The van der Waals surface area contributed by atoms with Crippen molar-refractivity contribution in [1.29, 1.82) is 0 Å². The summed E-state index contributed by atoms with van der Waals surface area (Å²) in [6.45, 7) is 4.81. The number of anilines is 1. The number of para-hydroxylation sites is 1. The van der Waals surface area contributed by atoms with Crippen LogP contribution in [0.2, 0.25) is 0 Å². The van der Waals surface area contributed by atoms with Crippen LogP contribution in [0, 0.1) is 0 Å². The molecule has 1 heterocycles. The Balaban J connectivity index is 1.78. The van der Waals surface area contributed by atoms with Crippen molar-refractivity contribution >= 4 is 23.4 Å². The molecule has 0 aliphatic heterocycles. The van der Waals surface area contributed by atoms with Crippen molar-refractivity contribution in [3.8, 4) is 11.4 Å². The van der Waals surface area contributed by atoms with E-state index in [0.717, 1.165) is 28.8 Å². The van der Waals surface area contributed by atoms with Gasteiger partial charge in [0.2, 0.25) is 5.91 Å². The first kappa shape index (κ1) is 18.2. The molecular weight excluding hydrogens is 344 g/mol. The number of nitrogens with one attached hydrogen (secondary N) is 1. The van der Waals surface area contributed by atoms with E-state index in [4.69, 9.17) is 0 Å². The SMILES string of the molecule is CC[C@@H](Sc1nnc(-c2ccccc2)n1CC)C(=O)Nc1ccccc1. The number of thioether (sulfide) groups is 1. The highest BCUT2D eigenvalue weighted by Gasteiger charge is 2.22. The molecule has 1 atom stereocenters. The molecule has 0 aliphatic rings. The Bertz CT molecular complexity index is 849. The van der Waals surface area contributed by atoms with Crippen molar-refractivity contribution in [3.63, 3.8) is 0 Å². The number of hydrogen-bond donors (Lipinski definition) is 1. The summed E-state index contributed by atoms with van der Waals surface area (Å²) in [5.74, 6) is 0.810. The average molecular weight is 366 g/mol. The van der Waals surface area contributed by atoms with Gasteiger partial charge in [0.15, 0.2) is 11.0 Å². The number of rotatable bonds is 7. The third kappa shape index (κ3) is 4.14. The van der Waals surface area contributed by atoms with Gasteiger partial charge in [0.05, 0.1) is 5.25 Å². The molecule has 0 aliphatic carbocycles. The van der Waals surface area contributed by atoms with Gasteiger partial charge >= 0.3 is 0 Å². The highest BCUT2D eigenvalue weighted by atomic mass is 32.2. The van der Waals surface area contributed by atoms with Crippen molar-refractivity contribution < 1.29 is 4.79 Å². The van der Waals surface area contributed by atoms with Gasteiger partial charge in [-0.15, -0.1) is 10.2 Å². The Morgan fingerprint density at radius 2 is 1.69 bits per heavy atom. The van der Waals surface area contributed by atoms with Crippen LogP contribution in [0.5, 0.6) is 0 Å². The van der Waals surface area contributed by atoms with E-state index in [-0.39, 0.29) is 11.2 Å². The maximum absolute atomic E-state index is 12.6. The Kier molecular flexibility index (Phi) is 6.07. The van der Waals surface area contributed by atoms with E-state index < -0.39 is 0 Å². The number of carbonyl (C=O) groups excluding carboxylic acids is 1. The third-order valence-electron chi connectivity index (χ3n) is 4.02. The summed E-state index contributed by atoms with van der Waals surface area (Å²) in [4.78, 5) is 12.6. The van der Waals surface area contributed by atoms with Crippen LogP contribution >= 0.6 is 11.8 Å². The van der Waals surface area contributed by atoms with Crippen molar-refractivity contribution in [2.75, 3.05) is 5.32 Å². The van der Waals surface area contributed by atoms with Crippen molar-refractivity contribution in [2.45, 2.75) is 37.2 Å². The van der Waals surface area contributed by atoms with Gasteiger partial charge in [-0.2, -0.15) is 0 Å². The van der Waals surface area contributed by atoms with Gasteiger partial charge < -0.3 is 9.88 Å². The number of hydrogen-bond acceptors (Lipinski definition) is 4. The summed E-state index contributed by atoms with van der Waals surface area (Å²) in [5.41, 5.74) is 1.83. The third-order valence-corrected chi connectivity index (χ3v) is 5.36. The van der Waals surface area contributed by atoms with E-state index in [1.54, 1.807) is 0 Å². The molecule has 26 heavy (non-hydrogen) atoms. The van der Waals surface area contributed by atoms with Gasteiger partial charge in [-0.05, 0) is 25.5 Å². The van der Waals surface area contributed by atoms with Gasteiger partial charge in [0.1, 0.15) is 0 Å². The predicted octanol–water partition coefficient (Wildman–Crippen LogP) is 4.47. The molecule has 0 fully saturated rings. The van der Waals surface area contributed by atoms with E-state index in [0.29, 0.717) is 6.42 Å². The second kappa shape index (κ2) is 8.67. The molecule has 1 amide bonds. The summed E-state index contributed by atoms with van der Waals surface area (Å²) in [7, 11) is 0. The molecule has 0 radical (unpaired) electrons. The van der Waals surface area contributed by atoms with Gasteiger partial charge in [-0.1, -0.05) is 67.2 Å². The van der Waals surface area contributed by atoms with Crippen molar-refractivity contribution in [3.05, 3.63) is 60.7 Å². The zero-order chi connectivity index (χ0) is 18.4. The zero-order valence-corrected chi connectivity index (χ0v) is 15.7. The fourth-order valence-electron chi connectivity index (χ4n) is 2.66. The predicted molar refractivity (Wildman–Crippen MR) is 106 cm³/mol. The first-order valence-corrected chi connectivity index (χ1v) is 9.62. The summed E-state index contributed by atoms with van der Waals surface area (Å²) in [5, 5.41) is 12.2. The van der Waals surface area contributed by atoms with E-state index in [1.807, 2.05) is 67.6 Å². The van der Waals surface area contributed by atoms with E-state index in [9.17, 15) is 4.79 Å². The molecule has 0 bridgehead atoms. The molecule has 3 rings (SSSR count). The van der Waals surface area contributed by atoms with Crippen LogP contribution in [-0.4, -0.2) is 25.9 Å². The van der Waals surface area contributed by atoms with Crippen LogP contribution < -0.4 is 5.32 Å². The van der Waals surface area contributed by atoms with Gasteiger partial charge in [0, 0.05) is 17.8 Å². The first-order valence-electron chi connectivity index (χ1n) is 8.74. The van der Waals surface area contributed by atoms with Crippen LogP contribution in [-0.2, 0) is 11.3 Å². The lowest BCUT2D eigenvalue weighted by atomic mass is 10.2. The van der Waals surface area contributed by atoms with Gasteiger partial charge in [0.25, 0.3) is 0 Å². The molecule has 3 aromatic rings. The van der Waals surface area contributed by atoms with Crippen LogP contribution in [0.4, 0.5) is 5.69 Å². The normalized spacial score (nSPS) is 11.9. The maximum Gasteiger partial charge on any atom is 0.237 e. The van der Waals surface area contributed by atoms with Crippen molar-refractivity contribution in [1.82, 2.24) is 14.8 Å². The minimum absolute atomic E-state index is 0.0179. The Labute approximate surface area is 157 Å².